The molecule has 1 N–H and O–H groups in total. The van der Waals surface area contributed by atoms with Crippen LogP contribution in [0, 0.1) is 5.92 Å². The van der Waals surface area contributed by atoms with Gasteiger partial charge < -0.3 is 4.90 Å². The van der Waals surface area contributed by atoms with E-state index in [1.165, 1.54) is 5.56 Å². The first-order valence-electron chi connectivity index (χ1n) is 8.24. The molecule has 0 spiro atoms. The minimum absolute atomic E-state index is 0.0363. The van der Waals surface area contributed by atoms with Crippen molar-refractivity contribution in [1.29, 1.82) is 0 Å². The number of carbonyl (C=O) groups is 1. The topological polar surface area (TPSA) is 32.3 Å². The lowest BCUT2D eigenvalue weighted by atomic mass is 9.98. The quantitative estimate of drug-likeness (QED) is 0.820. The van der Waals surface area contributed by atoms with Gasteiger partial charge in [-0.25, -0.2) is 0 Å². The van der Waals surface area contributed by atoms with Crippen molar-refractivity contribution in [2.45, 2.75) is 71.6 Å². The van der Waals surface area contributed by atoms with Crippen molar-refractivity contribution in [2.75, 3.05) is 0 Å². The number of amides is 1. The van der Waals surface area contributed by atoms with Gasteiger partial charge in [-0.15, -0.1) is 0 Å². The van der Waals surface area contributed by atoms with Crippen molar-refractivity contribution in [3.05, 3.63) is 22.4 Å². The van der Waals surface area contributed by atoms with Crippen LogP contribution in [0.25, 0.3) is 0 Å². The molecule has 0 radical (unpaired) electrons. The summed E-state index contributed by atoms with van der Waals surface area (Å²) in [5, 5.41) is 7.86. The van der Waals surface area contributed by atoms with E-state index in [2.05, 4.69) is 54.7 Å². The van der Waals surface area contributed by atoms with E-state index in [1.807, 2.05) is 0 Å². The molecule has 1 aromatic rings. The third kappa shape index (κ3) is 3.32. The Hall–Kier alpha value is -0.870. The fraction of sp³-hybridized carbons (Fsp3) is 0.706. The fourth-order valence-electron chi connectivity index (χ4n) is 3.20. The lowest BCUT2D eigenvalue weighted by Crippen LogP contribution is -2.40. The normalized spacial score (nSPS) is 25.3. The Kier molecular flexibility index (Phi) is 5.82. The second-order valence-electron chi connectivity index (χ2n) is 6.09. The summed E-state index contributed by atoms with van der Waals surface area (Å²) in [6.07, 6.45) is 4.30. The van der Waals surface area contributed by atoms with Gasteiger partial charge in [0.25, 0.3) is 0 Å². The Balaban J connectivity index is 2.29. The first kappa shape index (κ1) is 16.5. The van der Waals surface area contributed by atoms with Gasteiger partial charge >= 0.3 is 0 Å². The van der Waals surface area contributed by atoms with Crippen LogP contribution in [0.2, 0.25) is 0 Å². The maximum Gasteiger partial charge on any atom is 0.241 e. The maximum atomic E-state index is 13.0. The van der Waals surface area contributed by atoms with E-state index in [0.29, 0.717) is 17.9 Å². The number of rotatable bonds is 7. The van der Waals surface area contributed by atoms with E-state index in [4.69, 9.17) is 0 Å². The van der Waals surface area contributed by atoms with Gasteiger partial charge in [0.1, 0.15) is 6.17 Å². The van der Waals surface area contributed by atoms with Crippen LogP contribution in [0.5, 0.6) is 0 Å². The number of thiophene rings is 1. The third-order valence-corrected chi connectivity index (χ3v) is 5.40. The van der Waals surface area contributed by atoms with Crippen LogP contribution in [-0.4, -0.2) is 22.9 Å². The maximum absolute atomic E-state index is 13.0. The van der Waals surface area contributed by atoms with Crippen LogP contribution in [0.3, 0.4) is 0 Å². The van der Waals surface area contributed by atoms with Crippen LogP contribution >= 0.6 is 11.3 Å². The summed E-state index contributed by atoms with van der Waals surface area (Å²) in [5.41, 5.74) is 1.23. The Bertz CT molecular complexity index is 446. The van der Waals surface area contributed by atoms with Crippen molar-refractivity contribution in [3.8, 4) is 0 Å². The van der Waals surface area contributed by atoms with Gasteiger partial charge in [0.05, 0.1) is 6.04 Å². The second kappa shape index (κ2) is 7.41. The van der Waals surface area contributed by atoms with E-state index in [9.17, 15) is 4.79 Å². The summed E-state index contributed by atoms with van der Waals surface area (Å²) in [4.78, 5) is 15.1. The Morgan fingerprint density at radius 3 is 2.62 bits per heavy atom. The molecule has 0 saturated carbocycles. The monoisotopic (exact) mass is 308 g/mol. The van der Waals surface area contributed by atoms with Crippen LogP contribution in [0.4, 0.5) is 0 Å². The molecule has 1 aliphatic heterocycles. The van der Waals surface area contributed by atoms with E-state index in [1.54, 1.807) is 11.3 Å². The Morgan fingerprint density at radius 2 is 2.10 bits per heavy atom. The Morgan fingerprint density at radius 1 is 1.33 bits per heavy atom. The molecule has 4 atom stereocenters. The van der Waals surface area contributed by atoms with Gasteiger partial charge in [0, 0.05) is 6.04 Å². The van der Waals surface area contributed by atoms with E-state index in [-0.39, 0.29) is 12.2 Å². The molecule has 4 unspecified atom stereocenters. The molecular formula is C17H28N2OS. The zero-order chi connectivity index (χ0) is 15.4. The average molecular weight is 308 g/mol. The van der Waals surface area contributed by atoms with Crippen LogP contribution in [0.15, 0.2) is 16.8 Å². The first-order chi connectivity index (χ1) is 10.1. The molecule has 21 heavy (non-hydrogen) atoms. The van der Waals surface area contributed by atoms with Gasteiger partial charge in [-0.3, -0.25) is 10.1 Å². The van der Waals surface area contributed by atoms with E-state index >= 15 is 0 Å². The standard InChI is InChI=1S/C17H28N2OS/c1-5-8-14(7-3)19-16(13-9-10-21-11-13)18-15(17(19)20)12(4)6-2/h9-12,14-16,18H,5-8H2,1-4H3. The molecule has 1 fully saturated rings. The molecule has 4 heteroatoms. The second-order valence-corrected chi connectivity index (χ2v) is 6.87. The molecule has 2 heterocycles. The molecule has 0 aromatic carbocycles. The van der Waals surface area contributed by atoms with Crippen molar-refractivity contribution in [2.24, 2.45) is 5.92 Å². The molecular weight excluding hydrogens is 280 g/mol. The lowest BCUT2D eigenvalue weighted by molar-refractivity contribution is -0.133. The lowest BCUT2D eigenvalue weighted by Gasteiger charge is -2.32. The minimum Gasteiger partial charge on any atom is -0.319 e. The van der Waals surface area contributed by atoms with Gasteiger partial charge in [-0.1, -0.05) is 40.5 Å². The largest absolute Gasteiger partial charge is 0.319 e. The number of nitrogens with one attached hydrogen (secondary N) is 1. The average Bonchev–Trinajstić information content (AvgIpc) is 3.12. The summed E-state index contributed by atoms with van der Waals surface area (Å²) >= 11 is 1.70. The zero-order valence-electron chi connectivity index (χ0n) is 13.6. The molecule has 0 bridgehead atoms. The highest BCUT2D eigenvalue weighted by atomic mass is 32.1. The Labute approximate surface area is 132 Å². The summed E-state index contributed by atoms with van der Waals surface area (Å²) in [5.74, 6) is 0.670. The highest BCUT2D eigenvalue weighted by molar-refractivity contribution is 7.07. The number of hydrogen-bond acceptors (Lipinski definition) is 3. The SMILES string of the molecule is CCCC(CC)N1C(=O)C(C(C)CC)NC1c1ccsc1. The van der Waals surface area contributed by atoms with Gasteiger partial charge in [-0.05, 0) is 41.1 Å². The van der Waals surface area contributed by atoms with Crippen molar-refractivity contribution < 1.29 is 4.79 Å². The number of hydrogen-bond donors (Lipinski definition) is 1. The van der Waals surface area contributed by atoms with E-state index < -0.39 is 0 Å². The van der Waals surface area contributed by atoms with Crippen LogP contribution < -0.4 is 5.32 Å². The van der Waals surface area contributed by atoms with Gasteiger partial charge in [0.15, 0.2) is 0 Å². The summed E-state index contributed by atoms with van der Waals surface area (Å²) < 4.78 is 0. The van der Waals surface area contributed by atoms with E-state index in [0.717, 1.165) is 25.7 Å². The molecule has 1 saturated heterocycles. The van der Waals surface area contributed by atoms with Gasteiger partial charge in [-0.2, -0.15) is 11.3 Å². The first-order valence-corrected chi connectivity index (χ1v) is 9.18. The smallest absolute Gasteiger partial charge is 0.241 e. The van der Waals surface area contributed by atoms with Crippen molar-refractivity contribution >= 4 is 17.2 Å². The van der Waals surface area contributed by atoms with Crippen molar-refractivity contribution in [1.82, 2.24) is 10.2 Å². The predicted octanol–water partition coefficient (Wildman–Crippen LogP) is 4.17. The molecule has 1 aromatic heterocycles. The predicted molar refractivity (Wildman–Crippen MR) is 89.3 cm³/mol. The number of carbonyl (C=O) groups excluding carboxylic acids is 1. The highest BCUT2D eigenvalue weighted by Gasteiger charge is 2.44. The highest BCUT2D eigenvalue weighted by Crippen LogP contribution is 2.33. The zero-order valence-corrected chi connectivity index (χ0v) is 14.5. The molecule has 0 aliphatic carbocycles. The third-order valence-electron chi connectivity index (χ3n) is 4.69. The summed E-state index contributed by atoms with van der Waals surface area (Å²) in [6, 6.07) is 2.44. The van der Waals surface area contributed by atoms with Crippen LogP contribution in [0.1, 0.15) is 65.1 Å². The molecule has 2 rings (SSSR count). The molecule has 3 nitrogen and oxygen atoms in total. The molecule has 118 valence electrons. The van der Waals surface area contributed by atoms with Crippen LogP contribution in [-0.2, 0) is 4.79 Å². The number of nitrogens with zero attached hydrogens (tertiary/aromatic N) is 1. The minimum atomic E-state index is -0.0363. The molecule has 1 aliphatic rings. The van der Waals surface area contributed by atoms with Crippen molar-refractivity contribution in [3.63, 3.8) is 0 Å². The molecule has 1 amide bonds. The summed E-state index contributed by atoms with van der Waals surface area (Å²) in [7, 11) is 0. The van der Waals surface area contributed by atoms with Gasteiger partial charge in [0.2, 0.25) is 5.91 Å². The summed E-state index contributed by atoms with van der Waals surface area (Å²) in [6.45, 7) is 8.72. The fourth-order valence-corrected chi connectivity index (χ4v) is 3.88.